The van der Waals surface area contributed by atoms with Crippen LogP contribution in [0.1, 0.15) is 77.6 Å². The largest absolute Gasteiger partial charge is 0.494 e. The van der Waals surface area contributed by atoms with Crippen LogP contribution in [0, 0.1) is 0 Å². The highest BCUT2D eigenvalue weighted by molar-refractivity contribution is 5.84. The molecule has 1 amide bonds. The number of hydrogen-bond acceptors (Lipinski definition) is 5. The van der Waals surface area contributed by atoms with Crippen LogP contribution in [0.3, 0.4) is 0 Å². The van der Waals surface area contributed by atoms with Crippen molar-refractivity contribution < 1.29 is 14.3 Å². The van der Waals surface area contributed by atoms with Gasteiger partial charge in [-0.3, -0.25) is 15.5 Å². The quantitative estimate of drug-likeness (QED) is 0.356. The number of nitrogens with one attached hydrogen (secondary N) is 2. The van der Waals surface area contributed by atoms with Gasteiger partial charge < -0.3 is 9.47 Å². The molecule has 0 unspecified atom stereocenters. The molecule has 31 heavy (non-hydrogen) atoms. The minimum Gasteiger partial charge on any atom is -0.494 e. The topological polar surface area (TPSA) is 62.8 Å². The van der Waals surface area contributed by atoms with Gasteiger partial charge in [0.25, 0.3) is 0 Å². The molecule has 0 bridgehead atoms. The average molecular weight is 432 g/mol. The predicted molar refractivity (Wildman–Crippen MR) is 126 cm³/mol. The lowest BCUT2D eigenvalue weighted by Crippen LogP contribution is -2.50. The molecule has 6 nitrogen and oxygen atoms in total. The van der Waals surface area contributed by atoms with Crippen molar-refractivity contribution in [2.24, 2.45) is 0 Å². The molecule has 3 rings (SSSR count). The summed E-state index contributed by atoms with van der Waals surface area (Å²) in [6, 6.07) is 7.99. The van der Waals surface area contributed by atoms with Crippen LogP contribution in [0.25, 0.3) is 0 Å². The van der Waals surface area contributed by atoms with Crippen molar-refractivity contribution >= 4 is 11.8 Å². The van der Waals surface area contributed by atoms with E-state index in [2.05, 4.69) is 22.5 Å². The summed E-state index contributed by atoms with van der Waals surface area (Å²) in [5.41, 5.74) is 0.701. The van der Waals surface area contributed by atoms with E-state index in [1.807, 2.05) is 24.3 Å². The van der Waals surface area contributed by atoms with Gasteiger partial charge in [0.1, 0.15) is 5.75 Å². The number of carbonyl (C=O) groups excluding carboxylic acids is 1. The van der Waals surface area contributed by atoms with Gasteiger partial charge in [-0.25, -0.2) is 4.79 Å². The standard InChI is InChI=1S/C25H41N3O3/c1-2-3-10-18-30-23-15-11-14-22(19-23)27-25(29)31-24(20-28-16-8-5-9-17-28)26-21-12-6-4-7-13-21/h11,14-15,19,21,24,26H,2-10,12-13,16-18,20H2,1H3,(H,27,29)/t24-/m1/s1. The van der Waals surface area contributed by atoms with E-state index in [9.17, 15) is 4.79 Å². The molecule has 1 atom stereocenters. The minimum absolute atomic E-state index is 0.283. The van der Waals surface area contributed by atoms with E-state index in [1.165, 1.54) is 57.8 Å². The first-order valence-corrected chi connectivity index (χ1v) is 12.4. The van der Waals surface area contributed by atoms with Gasteiger partial charge in [-0.2, -0.15) is 0 Å². The van der Waals surface area contributed by atoms with Crippen LogP contribution >= 0.6 is 0 Å². The number of benzene rings is 1. The first-order chi connectivity index (χ1) is 15.2. The third-order valence-electron chi connectivity index (χ3n) is 6.25. The zero-order chi connectivity index (χ0) is 21.7. The van der Waals surface area contributed by atoms with Crippen LogP contribution in [0.15, 0.2) is 24.3 Å². The van der Waals surface area contributed by atoms with Gasteiger partial charge in [-0.1, -0.05) is 51.5 Å². The first-order valence-electron chi connectivity index (χ1n) is 12.4. The smallest absolute Gasteiger partial charge is 0.413 e. The molecule has 0 aromatic heterocycles. The Morgan fingerprint density at radius 3 is 2.65 bits per heavy atom. The number of amides is 1. The van der Waals surface area contributed by atoms with E-state index in [1.54, 1.807) is 0 Å². The molecular weight excluding hydrogens is 390 g/mol. The Morgan fingerprint density at radius 2 is 1.87 bits per heavy atom. The Kier molecular flexibility index (Phi) is 10.5. The lowest BCUT2D eigenvalue weighted by atomic mass is 9.95. The van der Waals surface area contributed by atoms with Crippen molar-refractivity contribution in [2.45, 2.75) is 89.8 Å². The summed E-state index contributed by atoms with van der Waals surface area (Å²) in [6.45, 7) is 5.81. The maximum atomic E-state index is 12.7. The van der Waals surface area contributed by atoms with Crippen molar-refractivity contribution in [3.8, 4) is 5.75 Å². The fraction of sp³-hybridized carbons (Fsp3) is 0.720. The molecule has 0 spiro atoms. The van der Waals surface area contributed by atoms with Crippen molar-refractivity contribution in [1.29, 1.82) is 0 Å². The molecule has 174 valence electrons. The second kappa shape index (κ2) is 13.6. The van der Waals surface area contributed by atoms with Crippen LogP contribution in [0.5, 0.6) is 5.75 Å². The van der Waals surface area contributed by atoms with Gasteiger partial charge >= 0.3 is 6.09 Å². The summed E-state index contributed by atoms with van der Waals surface area (Å²) in [5, 5.41) is 6.51. The van der Waals surface area contributed by atoms with Crippen LogP contribution in [-0.4, -0.2) is 49.5 Å². The Hall–Kier alpha value is -1.79. The highest BCUT2D eigenvalue weighted by atomic mass is 16.6. The molecule has 6 heteroatoms. The Balaban J connectivity index is 1.52. The fourth-order valence-electron chi connectivity index (χ4n) is 4.51. The molecule has 1 saturated heterocycles. The first kappa shape index (κ1) is 23.9. The van der Waals surface area contributed by atoms with Gasteiger partial charge in [-0.05, 0) is 57.3 Å². The summed E-state index contributed by atoms with van der Waals surface area (Å²) in [4.78, 5) is 15.1. The predicted octanol–water partition coefficient (Wildman–Crippen LogP) is 5.54. The van der Waals surface area contributed by atoms with Gasteiger partial charge in [0.2, 0.25) is 0 Å². The molecule has 1 heterocycles. The second-order valence-corrected chi connectivity index (χ2v) is 8.97. The molecule has 1 aromatic carbocycles. The molecular formula is C25H41N3O3. The summed E-state index contributed by atoms with van der Waals surface area (Å²) in [7, 11) is 0. The minimum atomic E-state index is -0.409. The van der Waals surface area contributed by atoms with E-state index < -0.39 is 6.09 Å². The Bertz CT molecular complexity index is 623. The molecule has 1 aliphatic carbocycles. The molecule has 2 aliphatic rings. The van der Waals surface area contributed by atoms with Crippen LogP contribution in [0.2, 0.25) is 0 Å². The Labute approximate surface area is 188 Å². The van der Waals surface area contributed by atoms with Crippen LogP contribution < -0.4 is 15.4 Å². The number of hydrogen-bond donors (Lipinski definition) is 2. The molecule has 1 aromatic rings. The molecule has 2 fully saturated rings. The normalized spacial score (nSPS) is 19.0. The maximum Gasteiger partial charge on any atom is 0.413 e. The average Bonchev–Trinajstić information content (AvgIpc) is 2.78. The third-order valence-corrected chi connectivity index (χ3v) is 6.25. The Morgan fingerprint density at radius 1 is 1.10 bits per heavy atom. The van der Waals surface area contributed by atoms with Crippen molar-refractivity contribution in [1.82, 2.24) is 10.2 Å². The van der Waals surface area contributed by atoms with E-state index in [-0.39, 0.29) is 6.23 Å². The number of carbonyl (C=O) groups is 1. The summed E-state index contributed by atoms with van der Waals surface area (Å²) in [5.74, 6) is 0.777. The number of nitrogens with zero attached hydrogens (tertiary/aromatic N) is 1. The van der Waals surface area contributed by atoms with Crippen LogP contribution in [0.4, 0.5) is 10.5 Å². The van der Waals surface area contributed by atoms with Crippen molar-refractivity contribution in [3.63, 3.8) is 0 Å². The third kappa shape index (κ3) is 9.08. The number of unbranched alkanes of at least 4 members (excludes halogenated alkanes) is 2. The van der Waals surface area contributed by atoms with E-state index in [0.29, 0.717) is 18.3 Å². The molecule has 2 N–H and O–H groups in total. The number of anilines is 1. The molecule has 1 saturated carbocycles. The highest BCUT2D eigenvalue weighted by Gasteiger charge is 2.24. The van der Waals surface area contributed by atoms with Crippen LogP contribution in [-0.2, 0) is 4.74 Å². The number of piperidine rings is 1. The lowest BCUT2D eigenvalue weighted by Gasteiger charge is -2.33. The number of ether oxygens (including phenoxy) is 2. The van der Waals surface area contributed by atoms with E-state index in [0.717, 1.165) is 38.2 Å². The molecule has 1 aliphatic heterocycles. The number of likely N-dealkylation sites (tertiary alicyclic amines) is 1. The van der Waals surface area contributed by atoms with Gasteiger partial charge in [0, 0.05) is 24.3 Å². The van der Waals surface area contributed by atoms with Gasteiger partial charge in [0.15, 0.2) is 6.23 Å². The van der Waals surface area contributed by atoms with Gasteiger partial charge in [-0.15, -0.1) is 0 Å². The van der Waals surface area contributed by atoms with E-state index in [4.69, 9.17) is 9.47 Å². The molecule has 0 radical (unpaired) electrons. The highest BCUT2D eigenvalue weighted by Crippen LogP contribution is 2.20. The van der Waals surface area contributed by atoms with Crippen molar-refractivity contribution in [3.05, 3.63) is 24.3 Å². The fourth-order valence-corrected chi connectivity index (χ4v) is 4.51. The van der Waals surface area contributed by atoms with Gasteiger partial charge in [0.05, 0.1) is 6.61 Å². The summed E-state index contributed by atoms with van der Waals surface area (Å²) < 4.78 is 11.7. The zero-order valence-corrected chi connectivity index (χ0v) is 19.2. The zero-order valence-electron chi connectivity index (χ0n) is 19.2. The SMILES string of the molecule is CCCCCOc1cccc(NC(=O)O[C@H](CN2CCCCC2)NC2CCCCC2)c1. The second-order valence-electron chi connectivity index (χ2n) is 8.97. The lowest BCUT2D eigenvalue weighted by molar-refractivity contribution is 0.0426. The summed E-state index contributed by atoms with van der Waals surface area (Å²) in [6.07, 6.45) is 12.6. The maximum absolute atomic E-state index is 12.7. The monoisotopic (exact) mass is 431 g/mol. The van der Waals surface area contributed by atoms with Crippen molar-refractivity contribution in [2.75, 3.05) is 31.6 Å². The van der Waals surface area contributed by atoms with E-state index >= 15 is 0 Å². The summed E-state index contributed by atoms with van der Waals surface area (Å²) >= 11 is 0. The number of rotatable bonds is 11.